The van der Waals surface area contributed by atoms with Crippen LogP contribution in [-0.4, -0.2) is 26.8 Å². The second-order valence-corrected chi connectivity index (χ2v) is 2.88. The minimum Gasteiger partial charge on any atom is -0.385 e. The molecule has 0 aromatic carbocycles. The number of hydrogen-bond donors (Lipinski definition) is 1. The Labute approximate surface area is 76.0 Å². The van der Waals surface area contributed by atoms with Gasteiger partial charge in [-0.25, -0.2) is 0 Å². The zero-order chi connectivity index (χ0) is 9.07. The van der Waals surface area contributed by atoms with Crippen LogP contribution in [0.1, 0.15) is 25.7 Å². The van der Waals surface area contributed by atoms with E-state index in [1.54, 1.807) is 7.11 Å². The Hall–Kier alpha value is -0.340. The first-order valence-electron chi connectivity index (χ1n) is 4.72. The van der Waals surface area contributed by atoms with Crippen LogP contribution in [0.3, 0.4) is 0 Å². The standard InChI is InChI=1S/C10H21NO/c1-3-4-5-8-11-9-6-7-10-12-2/h3,11H,1,4-10H2,2H3. The Kier molecular flexibility index (Phi) is 10.4. The highest BCUT2D eigenvalue weighted by atomic mass is 16.5. The summed E-state index contributed by atoms with van der Waals surface area (Å²) in [5.74, 6) is 0. The van der Waals surface area contributed by atoms with Crippen molar-refractivity contribution >= 4 is 0 Å². The van der Waals surface area contributed by atoms with Crippen LogP contribution < -0.4 is 5.32 Å². The monoisotopic (exact) mass is 171 g/mol. The molecular weight excluding hydrogens is 150 g/mol. The molecule has 0 radical (unpaired) electrons. The highest BCUT2D eigenvalue weighted by molar-refractivity contribution is 4.66. The fourth-order valence-corrected chi connectivity index (χ4v) is 0.993. The molecule has 0 aromatic rings. The normalized spacial score (nSPS) is 10.1. The lowest BCUT2D eigenvalue weighted by Crippen LogP contribution is -2.16. The van der Waals surface area contributed by atoms with Gasteiger partial charge < -0.3 is 10.1 Å². The van der Waals surface area contributed by atoms with Crippen molar-refractivity contribution in [1.82, 2.24) is 5.32 Å². The number of methoxy groups -OCH3 is 1. The van der Waals surface area contributed by atoms with E-state index in [9.17, 15) is 0 Å². The minimum absolute atomic E-state index is 0.883. The van der Waals surface area contributed by atoms with Crippen LogP contribution in [0.2, 0.25) is 0 Å². The fraction of sp³-hybridized carbons (Fsp3) is 0.800. The van der Waals surface area contributed by atoms with Crippen LogP contribution in [0.5, 0.6) is 0 Å². The zero-order valence-electron chi connectivity index (χ0n) is 8.14. The number of allylic oxidation sites excluding steroid dienone is 1. The SMILES string of the molecule is C=CCCCNCCCCOC. The van der Waals surface area contributed by atoms with Crippen molar-refractivity contribution in [1.29, 1.82) is 0 Å². The molecule has 0 saturated carbocycles. The molecule has 0 heterocycles. The van der Waals surface area contributed by atoms with E-state index in [-0.39, 0.29) is 0 Å². The van der Waals surface area contributed by atoms with Gasteiger partial charge in [0.1, 0.15) is 0 Å². The number of rotatable bonds is 9. The van der Waals surface area contributed by atoms with Crippen molar-refractivity contribution in [2.24, 2.45) is 0 Å². The largest absolute Gasteiger partial charge is 0.385 e. The average molecular weight is 171 g/mol. The molecule has 0 atom stereocenters. The quantitative estimate of drug-likeness (QED) is 0.423. The Morgan fingerprint density at radius 3 is 2.67 bits per heavy atom. The Morgan fingerprint density at radius 2 is 2.00 bits per heavy atom. The van der Waals surface area contributed by atoms with E-state index < -0.39 is 0 Å². The summed E-state index contributed by atoms with van der Waals surface area (Å²) in [7, 11) is 1.75. The molecule has 0 amide bonds. The van der Waals surface area contributed by atoms with Crippen molar-refractivity contribution in [3.8, 4) is 0 Å². The van der Waals surface area contributed by atoms with E-state index in [1.165, 1.54) is 12.8 Å². The molecule has 2 nitrogen and oxygen atoms in total. The molecule has 0 unspecified atom stereocenters. The third-order valence-corrected chi connectivity index (χ3v) is 1.71. The molecule has 0 aliphatic carbocycles. The molecule has 0 saturated heterocycles. The van der Waals surface area contributed by atoms with Gasteiger partial charge in [0.05, 0.1) is 0 Å². The predicted molar refractivity (Wildman–Crippen MR) is 53.4 cm³/mol. The van der Waals surface area contributed by atoms with E-state index in [1.807, 2.05) is 6.08 Å². The molecule has 0 rings (SSSR count). The second-order valence-electron chi connectivity index (χ2n) is 2.88. The van der Waals surface area contributed by atoms with Crippen molar-refractivity contribution < 1.29 is 4.74 Å². The molecule has 2 heteroatoms. The lowest BCUT2D eigenvalue weighted by Gasteiger charge is -2.02. The summed E-state index contributed by atoms with van der Waals surface area (Å²) in [5.41, 5.74) is 0. The number of nitrogens with one attached hydrogen (secondary N) is 1. The van der Waals surface area contributed by atoms with Crippen LogP contribution >= 0.6 is 0 Å². The molecule has 0 bridgehead atoms. The van der Waals surface area contributed by atoms with Gasteiger partial charge in [0.25, 0.3) is 0 Å². The molecule has 72 valence electrons. The van der Waals surface area contributed by atoms with Crippen LogP contribution in [0.15, 0.2) is 12.7 Å². The first-order chi connectivity index (χ1) is 5.91. The summed E-state index contributed by atoms with van der Waals surface area (Å²) in [5, 5.41) is 3.38. The van der Waals surface area contributed by atoms with Gasteiger partial charge in [-0.05, 0) is 38.8 Å². The van der Waals surface area contributed by atoms with Gasteiger partial charge in [-0.1, -0.05) is 6.08 Å². The summed E-state index contributed by atoms with van der Waals surface area (Å²) in [6, 6.07) is 0. The molecule has 0 aliphatic heterocycles. The minimum atomic E-state index is 0.883. The third kappa shape index (κ3) is 9.66. The number of unbranched alkanes of at least 4 members (excludes halogenated alkanes) is 2. The molecule has 0 aromatic heterocycles. The fourth-order valence-electron chi connectivity index (χ4n) is 0.993. The maximum Gasteiger partial charge on any atom is 0.0462 e. The summed E-state index contributed by atoms with van der Waals surface area (Å²) >= 11 is 0. The highest BCUT2D eigenvalue weighted by Crippen LogP contribution is 1.89. The van der Waals surface area contributed by atoms with E-state index >= 15 is 0 Å². The Bertz CT molecular complexity index is 93.8. The highest BCUT2D eigenvalue weighted by Gasteiger charge is 1.87. The van der Waals surface area contributed by atoms with Crippen molar-refractivity contribution in [2.75, 3.05) is 26.8 Å². The Morgan fingerprint density at radius 1 is 1.25 bits per heavy atom. The maximum absolute atomic E-state index is 4.95. The molecule has 0 spiro atoms. The summed E-state index contributed by atoms with van der Waals surface area (Å²) in [4.78, 5) is 0. The average Bonchev–Trinajstić information content (AvgIpc) is 2.10. The maximum atomic E-state index is 4.95. The van der Waals surface area contributed by atoms with Gasteiger partial charge in [-0.3, -0.25) is 0 Å². The summed E-state index contributed by atoms with van der Waals surface area (Å²) < 4.78 is 4.95. The van der Waals surface area contributed by atoms with Crippen LogP contribution in [0, 0.1) is 0 Å². The van der Waals surface area contributed by atoms with Crippen molar-refractivity contribution in [2.45, 2.75) is 25.7 Å². The molecule has 12 heavy (non-hydrogen) atoms. The number of hydrogen-bond acceptors (Lipinski definition) is 2. The first-order valence-corrected chi connectivity index (χ1v) is 4.72. The first kappa shape index (κ1) is 11.7. The summed E-state index contributed by atoms with van der Waals surface area (Å²) in [6.45, 7) is 6.78. The van der Waals surface area contributed by atoms with Gasteiger partial charge in [0.15, 0.2) is 0 Å². The van der Waals surface area contributed by atoms with E-state index in [4.69, 9.17) is 4.74 Å². The molecule has 1 N–H and O–H groups in total. The Balaban J connectivity index is 2.77. The molecular formula is C10H21NO. The van der Waals surface area contributed by atoms with E-state index in [0.717, 1.165) is 32.5 Å². The lowest BCUT2D eigenvalue weighted by atomic mass is 10.3. The van der Waals surface area contributed by atoms with Crippen LogP contribution in [0.25, 0.3) is 0 Å². The van der Waals surface area contributed by atoms with Gasteiger partial charge in [-0.2, -0.15) is 0 Å². The third-order valence-electron chi connectivity index (χ3n) is 1.71. The van der Waals surface area contributed by atoms with Gasteiger partial charge >= 0.3 is 0 Å². The molecule has 0 aliphatic rings. The lowest BCUT2D eigenvalue weighted by molar-refractivity contribution is 0.192. The number of ether oxygens (including phenoxy) is 1. The van der Waals surface area contributed by atoms with Crippen molar-refractivity contribution in [3.63, 3.8) is 0 Å². The van der Waals surface area contributed by atoms with Crippen molar-refractivity contribution in [3.05, 3.63) is 12.7 Å². The van der Waals surface area contributed by atoms with E-state index in [0.29, 0.717) is 0 Å². The molecule has 0 fully saturated rings. The second kappa shape index (κ2) is 10.7. The van der Waals surface area contributed by atoms with Crippen LogP contribution in [-0.2, 0) is 4.74 Å². The summed E-state index contributed by atoms with van der Waals surface area (Å²) in [6.07, 6.45) is 6.65. The topological polar surface area (TPSA) is 21.3 Å². The van der Waals surface area contributed by atoms with Crippen LogP contribution in [0.4, 0.5) is 0 Å². The smallest absolute Gasteiger partial charge is 0.0462 e. The van der Waals surface area contributed by atoms with Gasteiger partial charge in [0.2, 0.25) is 0 Å². The van der Waals surface area contributed by atoms with Gasteiger partial charge in [-0.15, -0.1) is 6.58 Å². The zero-order valence-corrected chi connectivity index (χ0v) is 8.14. The van der Waals surface area contributed by atoms with Gasteiger partial charge in [0, 0.05) is 13.7 Å². The van der Waals surface area contributed by atoms with E-state index in [2.05, 4.69) is 11.9 Å². The predicted octanol–water partition coefficient (Wildman–Crippen LogP) is 1.97.